The number of carbonyl (C=O) groups is 2. The monoisotopic (exact) mass is 258 g/mol. The number of carboxylic acid groups (broad SMARTS) is 1. The SMILES string of the molecule is CCC(CC)(CC)NC(=O)N(CC(=O)O)C(C)C. The lowest BCUT2D eigenvalue weighted by molar-refractivity contribution is -0.138. The molecule has 0 fully saturated rings. The number of amides is 2. The molecular formula is C13H26N2O3. The predicted octanol–water partition coefficient (Wildman–Crippen LogP) is 2.46. The molecule has 0 aliphatic carbocycles. The summed E-state index contributed by atoms with van der Waals surface area (Å²) < 4.78 is 0. The van der Waals surface area contributed by atoms with Crippen LogP contribution in [-0.4, -0.2) is 40.1 Å². The maximum atomic E-state index is 12.2. The number of nitrogens with one attached hydrogen (secondary N) is 1. The highest BCUT2D eigenvalue weighted by Crippen LogP contribution is 2.19. The summed E-state index contributed by atoms with van der Waals surface area (Å²) in [6, 6.07) is -0.428. The van der Waals surface area contributed by atoms with Crippen LogP contribution in [0.4, 0.5) is 4.79 Å². The number of rotatable bonds is 7. The van der Waals surface area contributed by atoms with Crippen molar-refractivity contribution in [2.45, 2.75) is 65.5 Å². The van der Waals surface area contributed by atoms with Gasteiger partial charge in [0.15, 0.2) is 0 Å². The van der Waals surface area contributed by atoms with Crippen LogP contribution < -0.4 is 5.32 Å². The Morgan fingerprint density at radius 3 is 1.89 bits per heavy atom. The van der Waals surface area contributed by atoms with Gasteiger partial charge in [0.1, 0.15) is 6.54 Å². The maximum absolute atomic E-state index is 12.2. The van der Waals surface area contributed by atoms with Gasteiger partial charge in [0.2, 0.25) is 0 Å². The van der Waals surface area contributed by atoms with Gasteiger partial charge in [-0.05, 0) is 33.1 Å². The van der Waals surface area contributed by atoms with Crippen molar-refractivity contribution in [3.8, 4) is 0 Å². The second kappa shape index (κ2) is 7.24. The zero-order valence-electron chi connectivity index (χ0n) is 12.1. The molecule has 2 N–H and O–H groups in total. The third-order valence-corrected chi connectivity index (χ3v) is 3.59. The molecule has 5 nitrogen and oxygen atoms in total. The Morgan fingerprint density at radius 2 is 1.61 bits per heavy atom. The lowest BCUT2D eigenvalue weighted by Crippen LogP contribution is -2.55. The first-order valence-electron chi connectivity index (χ1n) is 6.62. The molecule has 0 bridgehead atoms. The summed E-state index contributed by atoms with van der Waals surface area (Å²) in [7, 11) is 0. The molecule has 0 atom stereocenters. The maximum Gasteiger partial charge on any atom is 0.323 e. The van der Waals surface area contributed by atoms with Crippen molar-refractivity contribution in [2.24, 2.45) is 0 Å². The van der Waals surface area contributed by atoms with Crippen molar-refractivity contribution in [3.63, 3.8) is 0 Å². The first kappa shape index (κ1) is 16.7. The molecule has 106 valence electrons. The van der Waals surface area contributed by atoms with Crippen molar-refractivity contribution in [3.05, 3.63) is 0 Å². The van der Waals surface area contributed by atoms with Crippen molar-refractivity contribution in [1.82, 2.24) is 10.2 Å². The van der Waals surface area contributed by atoms with E-state index in [4.69, 9.17) is 5.11 Å². The van der Waals surface area contributed by atoms with Gasteiger partial charge in [-0.2, -0.15) is 0 Å². The zero-order valence-corrected chi connectivity index (χ0v) is 12.1. The van der Waals surface area contributed by atoms with E-state index in [-0.39, 0.29) is 24.2 Å². The molecule has 0 aliphatic rings. The normalized spacial score (nSPS) is 11.4. The number of carbonyl (C=O) groups excluding carboxylic acids is 1. The van der Waals surface area contributed by atoms with E-state index >= 15 is 0 Å². The van der Waals surface area contributed by atoms with Crippen LogP contribution in [0.5, 0.6) is 0 Å². The van der Waals surface area contributed by atoms with E-state index in [1.165, 1.54) is 4.90 Å². The van der Waals surface area contributed by atoms with E-state index < -0.39 is 5.97 Å². The van der Waals surface area contributed by atoms with Crippen LogP contribution in [0.25, 0.3) is 0 Å². The third-order valence-electron chi connectivity index (χ3n) is 3.59. The molecule has 0 unspecified atom stereocenters. The smallest absolute Gasteiger partial charge is 0.323 e. The number of hydrogen-bond donors (Lipinski definition) is 2. The number of nitrogens with zero attached hydrogens (tertiary/aromatic N) is 1. The van der Waals surface area contributed by atoms with Crippen LogP contribution in [0.2, 0.25) is 0 Å². The number of carboxylic acids is 1. The minimum absolute atomic E-state index is 0.135. The molecule has 18 heavy (non-hydrogen) atoms. The van der Waals surface area contributed by atoms with E-state index in [2.05, 4.69) is 5.32 Å². The lowest BCUT2D eigenvalue weighted by atomic mass is 9.90. The second-order valence-corrected chi connectivity index (χ2v) is 4.89. The van der Waals surface area contributed by atoms with Crippen molar-refractivity contribution < 1.29 is 14.7 Å². The fraction of sp³-hybridized carbons (Fsp3) is 0.846. The fourth-order valence-electron chi connectivity index (χ4n) is 1.95. The quantitative estimate of drug-likeness (QED) is 0.737. The van der Waals surface area contributed by atoms with Gasteiger partial charge in [-0.25, -0.2) is 4.79 Å². The van der Waals surface area contributed by atoms with E-state index in [0.717, 1.165) is 19.3 Å². The van der Waals surface area contributed by atoms with Crippen molar-refractivity contribution in [2.75, 3.05) is 6.54 Å². The highest BCUT2D eigenvalue weighted by atomic mass is 16.4. The molecule has 0 aromatic carbocycles. The Kier molecular flexibility index (Phi) is 6.73. The Morgan fingerprint density at radius 1 is 1.17 bits per heavy atom. The van der Waals surface area contributed by atoms with Gasteiger partial charge in [0.05, 0.1) is 0 Å². The Hall–Kier alpha value is -1.26. The summed E-state index contributed by atoms with van der Waals surface area (Å²) in [6.45, 7) is 9.46. The van der Waals surface area contributed by atoms with Crippen LogP contribution in [0, 0.1) is 0 Å². The van der Waals surface area contributed by atoms with E-state index in [1.807, 2.05) is 34.6 Å². The summed E-state index contributed by atoms with van der Waals surface area (Å²) in [5, 5.41) is 11.8. The molecule has 0 heterocycles. The topological polar surface area (TPSA) is 69.6 Å². The molecule has 0 spiro atoms. The largest absolute Gasteiger partial charge is 0.480 e. The van der Waals surface area contributed by atoms with Gasteiger partial charge in [-0.15, -0.1) is 0 Å². The van der Waals surface area contributed by atoms with Gasteiger partial charge in [-0.3, -0.25) is 4.79 Å². The van der Waals surface area contributed by atoms with Gasteiger partial charge < -0.3 is 15.3 Å². The number of urea groups is 1. The van der Waals surface area contributed by atoms with Crippen LogP contribution in [-0.2, 0) is 4.79 Å². The average Bonchev–Trinajstić information content (AvgIpc) is 2.32. The zero-order chi connectivity index (χ0) is 14.3. The van der Waals surface area contributed by atoms with Gasteiger partial charge in [-0.1, -0.05) is 20.8 Å². The molecule has 0 aromatic rings. The molecule has 0 aromatic heterocycles. The molecule has 0 radical (unpaired) electrons. The standard InChI is InChI=1S/C13H26N2O3/c1-6-13(7-2,8-3)14-12(18)15(10(4)5)9-11(16)17/h10H,6-9H2,1-5H3,(H,14,18)(H,16,17). The molecule has 0 saturated carbocycles. The molecule has 0 saturated heterocycles. The van der Waals surface area contributed by atoms with Crippen molar-refractivity contribution in [1.29, 1.82) is 0 Å². The molecule has 0 rings (SSSR count). The second-order valence-electron chi connectivity index (χ2n) is 4.89. The molecule has 2 amide bonds. The summed E-state index contributed by atoms with van der Waals surface area (Å²) in [4.78, 5) is 24.3. The van der Waals surface area contributed by atoms with Crippen LogP contribution >= 0.6 is 0 Å². The minimum atomic E-state index is -0.992. The average molecular weight is 258 g/mol. The summed E-state index contributed by atoms with van der Waals surface area (Å²) in [6.07, 6.45) is 2.51. The molecule has 5 heteroatoms. The highest BCUT2D eigenvalue weighted by Gasteiger charge is 2.29. The fourth-order valence-corrected chi connectivity index (χ4v) is 1.95. The van der Waals surface area contributed by atoms with Crippen LogP contribution in [0.15, 0.2) is 0 Å². The third kappa shape index (κ3) is 4.55. The number of aliphatic carboxylic acids is 1. The molecule has 0 aliphatic heterocycles. The minimum Gasteiger partial charge on any atom is -0.480 e. The molecular weight excluding hydrogens is 232 g/mol. The Bertz CT molecular complexity index is 278. The van der Waals surface area contributed by atoms with Crippen LogP contribution in [0.3, 0.4) is 0 Å². The van der Waals surface area contributed by atoms with Gasteiger partial charge in [0, 0.05) is 11.6 Å². The van der Waals surface area contributed by atoms with E-state index in [1.54, 1.807) is 0 Å². The summed E-state index contributed by atoms with van der Waals surface area (Å²) in [5.41, 5.74) is -0.233. The first-order chi connectivity index (χ1) is 8.31. The summed E-state index contributed by atoms with van der Waals surface area (Å²) in [5.74, 6) is -0.992. The lowest BCUT2D eigenvalue weighted by Gasteiger charge is -2.35. The Labute approximate surface area is 110 Å². The predicted molar refractivity (Wildman–Crippen MR) is 71.6 cm³/mol. The van der Waals surface area contributed by atoms with Gasteiger partial charge >= 0.3 is 12.0 Å². The first-order valence-corrected chi connectivity index (χ1v) is 6.62. The van der Waals surface area contributed by atoms with Crippen LogP contribution in [0.1, 0.15) is 53.9 Å². The van der Waals surface area contributed by atoms with Crippen molar-refractivity contribution >= 4 is 12.0 Å². The highest BCUT2D eigenvalue weighted by molar-refractivity contribution is 5.80. The van der Waals surface area contributed by atoms with E-state index in [0.29, 0.717) is 0 Å². The van der Waals surface area contributed by atoms with Gasteiger partial charge in [0.25, 0.3) is 0 Å². The number of hydrogen-bond acceptors (Lipinski definition) is 2. The van der Waals surface area contributed by atoms with E-state index in [9.17, 15) is 9.59 Å². The Balaban J connectivity index is 4.83. The summed E-state index contributed by atoms with van der Waals surface area (Å²) >= 11 is 0.